The van der Waals surface area contributed by atoms with Crippen molar-refractivity contribution in [2.24, 2.45) is 5.92 Å². The Labute approximate surface area is 187 Å². The van der Waals surface area contributed by atoms with Crippen LogP contribution in [0.25, 0.3) is 11.1 Å². The van der Waals surface area contributed by atoms with E-state index in [1.165, 1.54) is 29.2 Å². The number of carboxylic acids is 1. The number of aliphatic carboxylic acids is 1. The largest absolute Gasteiger partial charge is 0.480 e. The predicted molar refractivity (Wildman–Crippen MR) is 119 cm³/mol. The fourth-order valence-corrected chi connectivity index (χ4v) is 4.70. The summed E-state index contributed by atoms with van der Waals surface area (Å²) in [4.78, 5) is 35.6. The number of alkyl carbamates (subject to hydrolysis) is 1. The van der Waals surface area contributed by atoms with Gasteiger partial charge in [0.1, 0.15) is 12.6 Å². The van der Waals surface area contributed by atoms with E-state index in [4.69, 9.17) is 9.84 Å². The average Bonchev–Trinajstić information content (AvgIpc) is 3.12. The Morgan fingerprint density at radius 2 is 1.53 bits per heavy atom. The second kappa shape index (κ2) is 9.42. The molecule has 2 aliphatic carbocycles. The molecule has 2 aromatic carbocycles. The number of nitrogens with one attached hydrogen (secondary N) is 2. The van der Waals surface area contributed by atoms with Crippen molar-refractivity contribution in [3.8, 4) is 11.1 Å². The van der Waals surface area contributed by atoms with Gasteiger partial charge in [-0.3, -0.25) is 9.59 Å². The Hall–Kier alpha value is -3.35. The number of benzene rings is 2. The van der Waals surface area contributed by atoms with Gasteiger partial charge in [-0.05, 0) is 54.9 Å². The maximum absolute atomic E-state index is 12.4. The molecule has 4 rings (SSSR count). The van der Waals surface area contributed by atoms with Crippen LogP contribution in [0.1, 0.15) is 49.7 Å². The van der Waals surface area contributed by atoms with Gasteiger partial charge < -0.3 is 20.5 Å². The topological polar surface area (TPSA) is 105 Å². The number of carboxylic acid groups (broad SMARTS) is 1. The number of hydrogen-bond acceptors (Lipinski definition) is 4. The van der Waals surface area contributed by atoms with E-state index < -0.39 is 18.1 Å². The number of hydrogen-bond donors (Lipinski definition) is 3. The lowest BCUT2D eigenvalue weighted by molar-refractivity contribution is -0.142. The molecule has 2 aromatic rings. The quantitative estimate of drug-likeness (QED) is 0.641. The molecule has 0 spiro atoms. The summed E-state index contributed by atoms with van der Waals surface area (Å²) in [6, 6.07) is 15.4. The summed E-state index contributed by atoms with van der Waals surface area (Å²) in [6.07, 6.45) is 2.08. The van der Waals surface area contributed by atoms with Crippen molar-refractivity contribution in [2.45, 2.75) is 50.6 Å². The van der Waals surface area contributed by atoms with Gasteiger partial charge in [-0.15, -0.1) is 0 Å². The van der Waals surface area contributed by atoms with E-state index in [0.29, 0.717) is 25.7 Å². The molecular formula is C25H28N2O5. The van der Waals surface area contributed by atoms with E-state index in [0.717, 1.165) is 0 Å². The SMILES string of the molecule is CC(NC(=O)C1CCC(NC(=O)OCC2c3ccccc3-c3ccccc32)CC1)C(=O)O. The summed E-state index contributed by atoms with van der Waals surface area (Å²) in [5.74, 6) is -1.50. The van der Waals surface area contributed by atoms with Crippen molar-refractivity contribution >= 4 is 18.0 Å². The lowest BCUT2D eigenvalue weighted by Gasteiger charge is -2.28. The van der Waals surface area contributed by atoms with Crippen molar-refractivity contribution in [2.75, 3.05) is 6.61 Å². The van der Waals surface area contributed by atoms with Gasteiger partial charge in [0.05, 0.1) is 0 Å². The molecule has 0 bridgehead atoms. The summed E-state index contributed by atoms with van der Waals surface area (Å²) in [7, 11) is 0. The molecule has 2 amide bonds. The van der Waals surface area contributed by atoms with Crippen LogP contribution in [0.2, 0.25) is 0 Å². The second-order valence-electron chi connectivity index (χ2n) is 8.59. The first-order chi connectivity index (χ1) is 15.4. The summed E-state index contributed by atoms with van der Waals surface area (Å²) in [5, 5.41) is 14.4. The molecule has 7 nitrogen and oxygen atoms in total. The highest BCUT2D eigenvalue weighted by Crippen LogP contribution is 2.44. The molecule has 0 aliphatic heterocycles. The molecule has 3 N–H and O–H groups in total. The molecule has 0 aromatic heterocycles. The summed E-state index contributed by atoms with van der Waals surface area (Å²) in [6.45, 7) is 1.72. The Morgan fingerprint density at radius 1 is 0.969 bits per heavy atom. The van der Waals surface area contributed by atoms with E-state index in [-0.39, 0.29) is 30.4 Å². The van der Waals surface area contributed by atoms with Crippen LogP contribution in [0.5, 0.6) is 0 Å². The first-order valence-corrected chi connectivity index (χ1v) is 11.1. The molecule has 7 heteroatoms. The fraction of sp³-hybridized carbons (Fsp3) is 0.400. The Bertz CT molecular complexity index is 967. The third-order valence-electron chi connectivity index (χ3n) is 6.49. The maximum atomic E-state index is 12.4. The van der Waals surface area contributed by atoms with Crippen LogP contribution < -0.4 is 10.6 Å². The minimum absolute atomic E-state index is 0.0174. The predicted octanol–water partition coefficient (Wildman–Crippen LogP) is 3.67. The molecule has 32 heavy (non-hydrogen) atoms. The number of fused-ring (bicyclic) bond motifs is 3. The number of rotatable bonds is 6. The zero-order valence-corrected chi connectivity index (χ0v) is 18.0. The van der Waals surface area contributed by atoms with Gasteiger partial charge in [-0.25, -0.2) is 4.79 Å². The molecule has 1 unspecified atom stereocenters. The molecule has 1 atom stereocenters. The maximum Gasteiger partial charge on any atom is 0.407 e. The van der Waals surface area contributed by atoms with Crippen molar-refractivity contribution in [3.63, 3.8) is 0 Å². The van der Waals surface area contributed by atoms with Crippen LogP contribution in [-0.4, -0.2) is 41.8 Å². The van der Waals surface area contributed by atoms with Crippen molar-refractivity contribution in [1.29, 1.82) is 0 Å². The smallest absolute Gasteiger partial charge is 0.407 e. The molecular weight excluding hydrogens is 408 g/mol. The molecule has 168 valence electrons. The Kier molecular flexibility index (Phi) is 6.44. The number of carbonyl (C=O) groups excluding carboxylic acids is 2. The Balaban J connectivity index is 1.27. The van der Waals surface area contributed by atoms with Gasteiger partial charge in [-0.1, -0.05) is 48.5 Å². The third kappa shape index (κ3) is 4.61. The lowest BCUT2D eigenvalue weighted by Crippen LogP contribution is -2.45. The van der Waals surface area contributed by atoms with Gasteiger partial charge in [-0.2, -0.15) is 0 Å². The van der Waals surface area contributed by atoms with Crippen LogP contribution in [0.15, 0.2) is 48.5 Å². The summed E-state index contributed by atoms with van der Waals surface area (Å²) >= 11 is 0. The molecule has 2 aliphatic rings. The van der Waals surface area contributed by atoms with Crippen LogP contribution >= 0.6 is 0 Å². The van der Waals surface area contributed by atoms with Gasteiger partial charge in [0.25, 0.3) is 0 Å². The van der Waals surface area contributed by atoms with Gasteiger partial charge in [0, 0.05) is 17.9 Å². The van der Waals surface area contributed by atoms with E-state index in [1.54, 1.807) is 0 Å². The molecule has 1 saturated carbocycles. The lowest BCUT2D eigenvalue weighted by atomic mass is 9.85. The molecule has 0 radical (unpaired) electrons. The first kappa shape index (κ1) is 21.9. The van der Waals surface area contributed by atoms with E-state index in [1.807, 2.05) is 24.3 Å². The number of amides is 2. The van der Waals surface area contributed by atoms with Gasteiger partial charge in [0.2, 0.25) is 5.91 Å². The van der Waals surface area contributed by atoms with Crippen LogP contribution in [-0.2, 0) is 14.3 Å². The highest BCUT2D eigenvalue weighted by atomic mass is 16.5. The fourth-order valence-electron chi connectivity index (χ4n) is 4.70. The molecule has 0 heterocycles. The van der Waals surface area contributed by atoms with Crippen LogP contribution in [0.3, 0.4) is 0 Å². The standard InChI is InChI=1S/C25H28N2O5/c1-15(24(29)30)26-23(28)16-10-12-17(13-11-16)27-25(31)32-14-22-20-8-4-2-6-18(20)19-7-3-5-9-21(19)22/h2-9,15-17,22H,10-14H2,1H3,(H,26,28)(H,27,31)(H,29,30). The van der Waals surface area contributed by atoms with Crippen molar-refractivity contribution in [1.82, 2.24) is 10.6 Å². The highest BCUT2D eigenvalue weighted by Gasteiger charge is 2.31. The zero-order valence-electron chi connectivity index (χ0n) is 18.0. The van der Waals surface area contributed by atoms with E-state index in [2.05, 4.69) is 34.9 Å². The molecule has 1 fully saturated rings. The zero-order chi connectivity index (χ0) is 22.7. The van der Waals surface area contributed by atoms with Gasteiger partial charge >= 0.3 is 12.1 Å². The first-order valence-electron chi connectivity index (χ1n) is 11.1. The van der Waals surface area contributed by atoms with Crippen LogP contribution in [0.4, 0.5) is 4.79 Å². The monoisotopic (exact) mass is 436 g/mol. The summed E-state index contributed by atoms with van der Waals surface area (Å²) in [5.41, 5.74) is 4.71. The number of carbonyl (C=O) groups is 3. The van der Waals surface area contributed by atoms with Crippen molar-refractivity contribution in [3.05, 3.63) is 59.7 Å². The van der Waals surface area contributed by atoms with E-state index in [9.17, 15) is 14.4 Å². The van der Waals surface area contributed by atoms with Crippen LogP contribution in [0, 0.1) is 5.92 Å². The number of ether oxygens (including phenoxy) is 1. The second-order valence-corrected chi connectivity index (χ2v) is 8.59. The minimum atomic E-state index is -1.05. The minimum Gasteiger partial charge on any atom is -0.480 e. The van der Waals surface area contributed by atoms with Crippen molar-refractivity contribution < 1.29 is 24.2 Å². The average molecular weight is 437 g/mol. The highest BCUT2D eigenvalue weighted by molar-refractivity contribution is 5.84. The molecule has 0 saturated heterocycles. The van der Waals surface area contributed by atoms with E-state index >= 15 is 0 Å². The normalized spacial score (nSPS) is 20.5. The third-order valence-corrected chi connectivity index (χ3v) is 6.49. The Morgan fingerprint density at radius 3 is 2.09 bits per heavy atom. The summed E-state index contributed by atoms with van der Waals surface area (Å²) < 4.78 is 5.60. The van der Waals surface area contributed by atoms with Gasteiger partial charge in [0.15, 0.2) is 0 Å².